The fourth-order valence-corrected chi connectivity index (χ4v) is 1.87. The summed E-state index contributed by atoms with van der Waals surface area (Å²) in [4.78, 5) is 24.6. The zero-order valence-electron chi connectivity index (χ0n) is 10.7. The zero-order valence-corrected chi connectivity index (χ0v) is 10.7. The van der Waals surface area contributed by atoms with Gasteiger partial charge in [-0.05, 0) is 6.42 Å². The van der Waals surface area contributed by atoms with E-state index in [1.807, 2.05) is 0 Å². The number of carboxylic acid groups (broad SMARTS) is 1. The molecule has 0 unspecified atom stereocenters. The monoisotopic (exact) mass is 268 g/mol. The first-order valence-electron chi connectivity index (χ1n) is 6.06. The van der Waals surface area contributed by atoms with E-state index in [1.165, 1.54) is 11.8 Å². The van der Waals surface area contributed by atoms with Gasteiger partial charge in [0.25, 0.3) is 0 Å². The van der Waals surface area contributed by atoms with E-state index in [9.17, 15) is 9.59 Å². The number of methoxy groups -OCH3 is 1. The predicted molar refractivity (Wildman–Crippen MR) is 63.8 cm³/mol. The number of likely N-dealkylation sites (tertiary alicyclic amines) is 1. The van der Waals surface area contributed by atoms with E-state index in [0.29, 0.717) is 18.7 Å². The average molecular weight is 268 g/mol. The van der Waals surface area contributed by atoms with Crippen LogP contribution in [-0.2, 0) is 22.5 Å². The van der Waals surface area contributed by atoms with Crippen LogP contribution in [0.3, 0.4) is 0 Å². The lowest BCUT2D eigenvalue weighted by Gasteiger charge is -2.30. The largest absolute Gasteiger partial charge is 0.476 e. The number of hydrogen-bond acceptors (Lipinski definition) is 5. The maximum Gasteiger partial charge on any atom is 0.358 e. The molecule has 1 saturated heterocycles. The Kier molecular flexibility index (Phi) is 4.10. The summed E-state index contributed by atoms with van der Waals surface area (Å²) < 4.78 is 6.28. The van der Waals surface area contributed by atoms with Crippen molar-refractivity contribution in [2.75, 3.05) is 26.8 Å². The fourth-order valence-electron chi connectivity index (χ4n) is 1.87. The van der Waals surface area contributed by atoms with Crippen LogP contribution in [0.4, 0.5) is 0 Å². The smallest absolute Gasteiger partial charge is 0.358 e. The van der Waals surface area contributed by atoms with Crippen LogP contribution < -0.4 is 0 Å². The van der Waals surface area contributed by atoms with Crippen LogP contribution in [0.2, 0.25) is 0 Å². The third kappa shape index (κ3) is 2.90. The van der Waals surface area contributed by atoms with Crippen molar-refractivity contribution in [1.29, 1.82) is 0 Å². The molecule has 8 nitrogen and oxygen atoms in total. The van der Waals surface area contributed by atoms with Crippen LogP contribution in [0.25, 0.3) is 0 Å². The van der Waals surface area contributed by atoms with Gasteiger partial charge in [0.2, 0.25) is 5.91 Å². The summed E-state index contributed by atoms with van der Waals surface area (Å²) in [5.41, 5.74) is 0.302. The Balaban J connectivity index is 2.13. The van der Waals surface area contributed by atoms with Gasteiger partial charge in [-0.15, -0.1) is 5.10 Å². The standard InChI is InChI=1S/C11H16N4O4/c1-19-6-3-8-10(11(17)18)12-13-15(8)7-9(16)14-4-2-5-14/h2-7H2,1H3,(H,17,18). The Morgan fingerprint density at radius 3 is 2.68 bits per heavy atom. The molecule has 1 amide bonds. The first kappa shape index (κ1) is 13.5. The summed E-state index contributed by atoms with van der Waals surface area (Å²) in [6.07, 6.45) is 1.37. The average Bonchev–Trinajstić information content (AvgIpc) is 2.67. The molecular weight excluding hydrogens is 252 g/mol. The minimum Gasteiger partial charge on any atom is -0.476 e. The van der Waals surface area contributed by atoms with Gasteiger partial charge in [0.1, 0.15) is 6.54 Å². The number of nitrogens with zero attached hydrogens (tertiary/aromatic N) is 4. The quantitative estimate of drug-likeness (QED) is 0.739. The van der Waals surface area contributed by atoms with Crippen LogP contribution in [0, 0.1) is 0 Å². The summed E-state index contributed by atoms with van der Waals surface area (Å²) in [6, 6.07) is 0. The number of carbonyl (C=O) groups is 2. The first-order chi connectivity index (χ1) is 9.13. The number of carboxylic acids is 1. The first-order valence-corrected chi connectivity index (χ1v) is 6.06. The number of ether oxygens (including phenoxy) is 1. The molecule has 1 aliphatic rings. The number of aromatic nitrogens is 3. The van der Waals surface area contributed by atoms with Gasteiger partial charge >= 0.3 is 5.97 Å². The van der Waals surface area contributed by atoms with Crippen LogP contribution in [0.15, 0.2) is 0 Å². The number of aromatic carboxylic acids is 1. The SMILES string of the molecule is COCCc1c(C(=O)O)nnn1CC(=O)N1CCC1. The Labute approximate surface area is 109 Å². The molecule has 0 atom stereocenters. The Morgan fingerprint density at radius 1 is 1.42 bits per heavy atom. The fraction of sp³-hybridized carbons (Fsp3) is 0.636. The van der Waals surface area contributed by atoms with Gasteiger partial charge in [0.05, 0.1) is 12.3 Å². The zero-order chi connectivity index (χ0) is 13.8. The molecule has 8 heteroatoms. The Hall–Kier alpha value is -1.96. The predicted octanol–water partition coefficient (Wildman–Crippen LogP) is -0.602. The highest BCUT2D eigenvalue weighted by Gasteiger charge is 2.24. The topological polar surface area (TPSA) is 97.5 Å². The van der Waals surface area contributed by atoms with Gasteiger partial charge in [0.15, 0.2) is 5.69 Å². The van der Waals surface area contributed by atoms with Gasteiger partial charge in [-0.1, -0.05) is 5.21 Å². The normalized spacial score (nSPS) is 14.3. The molecule has 1 aliphatic heterocycles. The van der Waals surface area contributed by atoms with E-state index in [0.717, 1.165) is 19.5 Å². The summed E-state index contributed by atoms with van der Waals surface area (Å²) >= 11 is 0. The van der Waals surface area contributed by atoms with Crippen molar-refractivity contribution >= 4 is 11.9 Å². The third-order valence-electron chi connectivity index (χ3n) is 3.08. The molecule has 1 aromatic heterocycles. The van der Waals surface area contributed by atoms with E-state index in [1.54, 1.807) is 4.90 Å². The van der Waals surface area contributed by atoms with Gasteiger partial charge in [0, 0.05) is 26.6 Å². The molecule has 0 aromatic carbocycles. The third-order valence-corrected chi connectivity index (χ3v) is 3.08. The van der Waals surface area contributed by atoms with Crippen LogP contribution in [0.5, 0.6) is 0 Å². The second kappa shape index (κ2) is 5.79. The Bertz CT molecular complexity index is 481. The molecule has 1 aromatic rings. The van der Waals surface area contributed by atoms with E-state index < -0.39 is 5.97 Å². The van der Waals surface area contributed by atoms with Crippen LogP contribution in [-0.4, -0.2) is 63.7 Å². The maximum absolute atomic E-state index is 11.9. The number of carbonyl (C=O) groups excluding carboxylic acids is 1. The van der Waals surface area contributed by atoms with Crippen molar-refractivity contribution in [3.63, 3.8) is 0 Å². The van der Waals surface area contributed by atoms with Crippen LogP contribution >= 0.6 is 0 Å². The lowest BCUT2D eigenvalue weighted by molar-refractivity contribution is -0.135. The van der Waals surface area contributed by atoms with Gasteiger partial charge in [-0.3, -0.25) is 4.79 Å². The van der Waals surface area contributed by atoms with E-state index in [4.69, 9.17) is 9.84 Å². The molecule has 104 valence electrons. The van der Waals surface area contributed by atoms with Crippen molar-refractivity contribution in [3.05, 3.63) is 11.4 Å². The van der Waals surface area contributed by atoms with E-state index in [2.05, 4.69) is 10.3 Å². The molecule has 1 fully saturated rings. The van der Waals surface area contributed by atoms with Gasteiger partial charge < -0.3 is 14.7 Å². The second-order valence-electron chi connectivity index (χ2n) is 4.32. The summed E-state index contributed by atoms with van der Waals surface area (Å²) in [5, 5.41) is 16.4. The van der Waals surface area contributed by atoms with E-state index >= 15 is 0 Å². The summed E-state index contributed by atoms with van der Waals surface area (Å²) in [7, 11) is 1.53. The molecule has 0 bridgehead atoms. The second-order valence-corrected chi connectivity index (χ2v) is 4.32. The van der Waals surface area contributed by atoms with Gasteiger partial charge in [-0.2, -0.15) is 0 Å². The van der Waals surface area contributed by atoms with Crippen molar-refractivity contribution in [2.45, 2.75) is 19.4 Å². The molecule has 2 rings (SSSR count). The van der Waals surface area contributed by atoms with Crippen molar-refractivity contribution in [3.8, 4) is 0 Å². The maximum atomic E-state index is 11.9. The molecule has 19 heavy (non-hydrogen) atoms. The summed E-state index contributed by atoms with van der Waals surface area (Å²) in [5.74, 6) is -1.21. The number of amides is 1. The molecule has 0 radical (unpaired) electrons. The van der Waals surface area contributed by atoms with Crippen molar-refractivity contribution in [2.24, 2.45) is 0 Å². The lowest BCUT2D eigenvalue weighted by atomic mass is 10.2. The number of hydrogen-bond donors (Lipinski definition) is 1. The molecular formula is C11H16N4O4. The highest BCUT2D eigenvalue weighted by Crippen LogP contribution is 2.10. The molecule has 2 heterocycles. The molecule has 1 N–H and O–H groups in total. The van der Waals surface area contributed by atoms with Crippen molar-refractivity contribution < 1.29 is 19.4 Å². The Morgan fingerprint density at radius 2 is 2.16 bits per heavy atom. The molecule has 0 aliphatic carbocycles. The number of rotatable bonds is 6. The summed E-state index contributed by atoms with van der Waals surface area (Å²) in [6.45, 7) is 1.89. The highest BCUT2D eigenvalue weighted by molar-refractivity contribution is 5.86. The minimum absolute atomic E-state index is 0.0271. The van der Waals surface area contributed by atoms with E-state index in [-0.39, 0.29) is 18.1 Å². The highest BCUT2D eigenvalue weighted by atomic mass is 16.5. The minimum atomic E-state index is -1.14. The lowest BCUT2D eigenvalue weighted by Crippen LogP contribution is -2.44. The molecule has 0 saturated carbocycles. The van der Waals surface area contributed by atoms with Crippen LogP contribution in [0.1, 0.15) is 22.6 Å². The van der Waals surface area contributed by atoms with Gasteiger partial charge in [-0.25, -0.2) is 9.48 Å². The molecule has 0 spiro atoms. The van der Waals surface area contributed by atoms with Crippen molar-refractivity contribution in [1.82, 2.24) is 19.9 Å².